The van der Waals surface area contributed by atoms with Gasteiger partial charge in [-0.25, -0.2) is 9.59 Å². The molecule has 3 aromatic carbocycles. The third-order valence-electron chi connectivity index (χ3n) is 5.77. The van der Waals surface area contributed by atoms with Gasteiger partial charge in [0, 0.05) is 21.5 Å². The number of aryl methyl sites for hydroxylation is 2. The summed E-state index contributed by atoms with van der Waals surface area (Å²) in [4.78, 5) is 25.0. The second kappa shape index (κ2) is 12.3. The highest BCUT2D eigenvalue weighted by Gasteiger charge is 2.22. The van der Waals surface area contributed by atoms with Crippen LogP contribution in [0.3, 0.4) is 0 Å². The number of ether oxygens (including phenoxy) is 4. The first-order valence-electron chi connectivity index (χ1n) is 12.2. The summed E-state index contributed by atoms with van der Waals surface area (Å²) >= 11 is 0. The zero-order chi connectivity index (χ0) is 24.5. The van der Waals surface area contributed by atoms with Crippen LogP contribution in [0.2, 0.25) is 0 Å². The monoisotopic (exact) mass is 466 g/mol. The van der Waals surface area contributed by atoms with E-state index in [-0.39, 0.29) is 0 Å². The highest BCUT2D eigenvalue weighted by molar-refractivity contribution is 6.12. The Morgan fingerprint density at radius 2 is 1.03 bits per heavy atom. The van der Waals surface area contributed by atoms with E-state index in [1.165, 1.54) is 0 Å². The highest BCUT2D eigenvalue weighted by atomic mass is 16.7. The van der Waals surface area contributed by atoms with Gasteiger partial charge in [0.2, 0.25) is 0 Å². The molecule has 0 amide bonds. The van der Waals surface area contributed by atoms with Crippen molar-refractivity contribution in [3.8, 4) is 11.5 Å². The van der Waals surface area contributed by atoms with Gasteiger partial charge in [0.25, 0.3) is 0 Å². The number of carbonyl (C=O) groups is 2. The van der Waals surface area contributed by atoms with E-state index in [4.69, 9.17) is 18.9 Å². The van der Waals surface area contributed by atoms with Gasteiger partial charge >= 0.3 is 12.3 Å². The Hall–Kier alpha value is -3.28. The lowest BCUT2D eigenvalue weighted by molar-refractivity contribution is 0.0970. The van der Waals surface area contributed by atoms with Crippen LogP contribution in [0.25, 0.3) is 21.5 Å². The lowest BCUT2D eigenvalue weighted by Crippen LogP contribution is -2.14. The predicted octanol–water partition coefficient (Wildman–Crippen LogP) is 7.75. The minimum Gasteiger partial charge on any atom is -0.434 e. The van der Waals surface area contributed by atoms with E-state index < -0.39 is 12.3 Å². The number of hydrogen-bond acceptors (Lipinski definition) is 6. The molecule has 182 valence electrons. The Bertz CT molecular complexity index is 1060. The summed E-state index contributed by atoms with van der Waals surface area (Å²) in [6, 6.07) is 11.7. The summed E-state index contributed by atoms with van der Waals surface area (Å²) in [5, 5.41) is 2.70. The number of unbranched alkanes of at least 4 members (excludes halogenated alkanes) is 2. The molecular formula is C28H34O6. The van der Waals surface area contributed by atoms with Crippen LogP contribution in [0.1, 0.15) is 64.5 Å². The summed E-state index contributed by atoms with van der Waals surface area (Å²) in [6.07, 6.45) is 3.48. The molecule has 3 aromatic rings. The van der Waals surface area contributed by atoms with Gasteiger partial charge in [-0.3, -0.25) is 0 Å². The zero-order valence-electron chi connectivity index (χ0n) is 20.6. The van der Waals surface area contributed by atoms with E-state index in [0.29, 0.717) is 46.3 Å². The minimum absolute atomic E-state index is 0.302. The van der Waals surface area contributed by atoms with E-state index in [2.05, 4.69) is 13.8 Å². The molecule has 0 bridgehead atoms. The van der Waals surface area contributed by atoms with E-state index in [0.717, 1.165) is 49.7 Å². The fourth-order valence-corrected chi connectivity index (χ4v) is 3.73. The summed E-state index contributed by atoms with van der Waals surface area (Å²) in [7, 11) is 0. The van der Waals surface area contributed by atoms with Gasteiger partial charge in [0.05, 0.1) is 13.2 Å². The molecule has 0 spiro atoms. The quantitative estimate of drug-likeness (QED) is 0.132. The normalized spacial score (nSPS) is 10.9. The molecular weight excluding hydrogens is 432 g/mol. The summed E-state index contributed by atoms with van der Waals surface area (Å²) < 4.78 is 22.1. The number of carbonyl (C=O) groups excluding carboxylic acids is 2. The number of benzene rings is 3. The summed E-state index contributed by atoms with van der Waals surface area (Å²) in [6.45, 7) is 8.76. The Balaban J connectivity index is 2.17. The number of rotatable bonds is 10. The molecule has 0 atom stereocenters. The fraction of sp³-hybridized carbons (Fsp3) is 0.429. The van der Waals surface area contributed by atoms with Crippen LogP contribution in [-0.4, -0.2) is 25.5 Å². The van der Waals surface area contributed by atoms with Gasteiger partial charge in [-0.2, -0.15) is 0 Å². The van der Waals surface area contributed by atoms with Crippen molar-refractivity contribution in [3.05, 3.63) is 47.5 Å². The highest BCUT2D eigenvalue weighted by Crippen LogP contribution is 2.44. The van der Waals surface area contributed by atoms with Crippen molar-refractivity contribution in [1.29, 1.82) is 0 Å². The fourth-order valence-electron chi connectivity index (χ4n) is 3.73. The molecule has 6 nitrogen and oxygen atoms in total. The molecule has 0 saturated carbocycles. The molecule has 0 aliphatic carbocycles. The first kappa shape index (κ1) is 25.3. The van der Waals surface area contributed by atoms with Crippen LogP contribution < -0.4 is 9.47 Å². The molecule has 0 heterocycles. The van der Waals surface area contributed by atoms with E-state index >= 15 is 0 Å². The molecule has 0 saturated heterocycles. The van der Waals surface area contributed by atoms with Crippen molar-refractivity contribution in [1.82, 2.24) is 0 Å². The third kappa shape index (κ3) is 5.99. The average Bonchev–Trinajstić information content (AvgIpc) is 2.85. The minimum atomic E-state index is -0.745. The van der Waals surface area contributed by atoms with E-state index in [1.54, 1.807) is 0 Å². The van der Waals surface area contributed by atoms with Crippen LogP contribution in [0, 0.1) is 0 Å². The van der Waals surface area contributed by atoms with Gasteiger partial charge < -0.3 is 18.9 Å². The first-order chi connectivity index (χ1) is 16.5. The van der Waals surface area contributed by atoms with E-state index in [1.807, 2.05) is 50.2 Å². The maximum absolute atomic E-state index is 12.5. The SMILES string of the molecule is CCCCOC(=O)Oc1c2ccc(CC)cc2c(OC(=O)OCCCC)c2ccc(CC)cc12. The lowest BCUT2D eigenvalue weighted by atomic mass is 9.96. The second-order valence-electron chi connectivity index (χ2n) is 8.23. The van der Waals surface area contributed by atoms with Crippen LogP contribution >= 0.6 is 0 Å². The third-order valence-corrected chi connectivity index (χ3v) is 5.77. The Kier molecular flexibility index (Phi) is 9.14. The topological polar surface area (TPSA) is 71.1 Å². The molecule has 0 unspecified atom stereocenters. The average molecular weight is 467 g/mol. The van der Waals surface area contributed by atoms with Crippen molar-refractivity contribution in [2.75, 3.05) is 13.2 Å². The number of fused-ring (bicyclic) bond motifs is 2. The van der Waals surface area contributed by atoms with Crippen molar-refractivity contribution >= 4 is 33.9 Å². The molecule has 0 aliphatic heterocycles. The summed E-state index contributed by atoms with van der Waals surface area (Å²) in [5.74, 6) is 0.798. The van der Waals surface area contributed by atoms with Crippen molar-refractivity contribution in [2.45, 2.75) is 66.2 Å². The maximum Gasteiger partial charge on any atom is 0.513 e. The predicted molar refractivity (Wildman–Crippen MR) is 134 cm³/mol. The van der Waals surface area contributed by atoms with E-state index in [9.17, 15) is 9.59 Å². The van der Waals surface area contributed by atoms with Crippen molar-refractivity contribution in [3.63, 3.8) is 0 Å². The largest absolute Gasteiger partial charge is 0.513 e. The van der Waals surface area contributed by atoms with Crippen molar-refractivity contribution in [2.24, 2.45) is 0 Å². The molecule has 0 aromatic heterocycles. The molecule has 0 fully saturated rings. The smallest absolute Gasteiger partial charge is 0.434 e. The number of hydrogen-bond donors (Lipinski definition) is 0. The van der Waals surface area contributed by atoms with Gasteiger partial charge in [-0.15, -0.1) is 0 Å². The van der Waals surface area contributed by atoms with Crippen LogP contribution in [-0.2, 0) is 22.3 Å². The van der Waals surface area contributed by atoms with Gasteiger partial charge in [0.15, 0.2) is 0 Å². The summed E-state index contributed by atoms with van der Waals surface area (Å²) in [5.41, 5.74) is 2.13. The van der Waals surface area contributed by atoms with Gasteiger partial charge in [-0.05, 0) is 48.9 Å². The molecule has 3 rings (SSSR count). The molecule has 34 heavy (non-hydrogen) atoms. The van der Waals surface area contributed by atoms with Crippen LogP contribution in [0.15, 0.2) is 36.4 Å². The maximum atomic E-state index is 12.5. The van der Waals surface area contributed by atoms with Crippen LogP contribution in [0.5, 0.6) is 11.5 Å². The van der Waals surface area contributed by atoms with Crippen molar-refractivity contribution < 1.29 is 28.5 Å². The van der Waals surface area contributed by atoms with Gasteiger partial charge in [-0.1, -0.05) is 64.8 Å². The first-order valence-corrected chi connectivity index (χ1v) is 12.2. The van der Waals surface area contributed by atoms with Gasteiger partial charge in [0.1, 0.15) is 11.5 Å². The Morgan fingerprint density at radius 3 is 1.38 bits per heavy atom. The molecule has 6 heteroatoms. The molecule has 0 N–H and O–H groups in total. The molecule has 0 radical (unpaired) electrons. The molecule has 0 aliphatic rings. The lowest BCUT2D eigenvalue weighted by Gasteiger charge is -2.17. The Labute approximate surface area is 201 Å². The zero-order valence-corrected chi connectivity index (χ0v) is 20.6. The second-order valence-corrected chi connectivity index (χ2v) is 8.23. The standard InChI is InChI=1S/C28H34O6/c1-5-9-15-31-27(29)33-25-21-13-11-20(8-4)18-24(21)26(34-28(30)32-16-10-6-2)22-14-12-19(7-3)17-23(22)25/h11-14,17-18H,5-10,15-16H2,1-4H3. The van der Waals surface area contributed by atoms with Crippen LogP contribution in [0.4, 0.5) is 9.59 Å². The Morgan fingerprint density at radius 1 is 0.618 bits per heavy atom.